The summed E-state index contributed by atoms with van der Waals surface area (Å²) < 4.78 is 27.0. The second-order valence-electron chi connectivity index (χ2n) is 9.26. The van der Waals surface area contributed by atoms with Crippen LogP contribution in [0.15, 0.2) is 36.1 Å². The fraction of sp³-hybridized carbons (Fsp3) is 0.440. The molecule has 2 aromatic rings. The molecule has 4 rings (SSSR count). The number of alkyl halides is 1. The van der Waals surface area contributed by atoms with Gasteiger partial charge in [-0.05, 0) is 69.9 Å². The minimum absolute atomic E-state index is 0.0552. The molecule has 1 N–H and O–H groups in total. The number of carboxylic acid groups (broad SMARTS) is 1. The number of halogens is 2. The fourth-order valence-corrected chi connectivity index (χ4v) is 4.96. The van der Waals surface area contributed by atoms with E-state index in [4.69, 9.17) is 21.1 Å². The molecule has 1 saturated heterocycles. The van der Waals surface area contributed by atoms with Crippen LogP contribution in [0.25, 0.3) is 16.5 Å². The molecule has 0 saturated carbocycles. The zero-order chi connectivity index (χ0) is 23.2. The summed E-state index contributed by atoms with van der Waals surface area (Å²) in [6, 6.07) is 4.66. The highest BCUT2D eigenvalue weighted by Crippen LogP contribution is 2.46. The second-order valence-corrected chi connectivity index (χ2v) is 9.73. The molecule has 7 heteroatoms. The third kappa shape index (κ3) is 4.14. The molecule has 0 spiro atoms. The zero-order valence-electron chi connectivity index (χ0n) is 18.6. The largest absolute Gasteiger partial charge is 0.498 e. The number of rotatable bonds is 4. The van der Waals surface area contributed by atoms with E-state index >= 15 is 4.39 Å². The first kappa shape index (κ1) is 22.7. The average Bonchev–Trinajstić information content (AvgIpc) is 2.71. The number of aliphatic carboxylic acids is 1. The van der Waals surface area contributed by atoms with Crippen molar-refractivity contribution in [1.82, 2.24) is 4.98 Å². The average molecular weight is 460 g/mol. The van der Waals surface area contributed by atoms with E-state index in [0.717, 1.165) is 18.6 Å². The molecule has 32 heavy (non-hydrogen) atoms. The molecule has 1 fully saturated rings. The van der Waals surface area contributed by atoms with Crippen LogP contribution in [0, 0.1) is 18.7 Å². The van der Waals surface area contributed by atoms with Gasteiger partial charge in [-0.2, -0.15) is 0 Å². The van der Waals surface area contributed by atoms with Gasteiger partial charge in [0.05, 0.1) is 23.1 Å². The number of benzene rings is 1. The van der Waals surface area contributed by atoms with Crippen LogP contribution >= 0.6 is 11.6 Å². The van der Waals surface area contributed by atoms with Gasteiger partial charge < -0.3 is 14.6 Å². The minimum Gasteiger partial charge on any atom is -0.498 e. The molecule has 0 unspecified atom stereocenters. The highest BCUT2D eigenvalue weighted by atomic mass is 35.5. The van der Waals surface area contributed by atoms with Gasteiger partial charge in [0.2, 0.25) is 0 Å². The number of hydrogen-bond acceptors (Lipinski definition) is 4. The molecule has 5 nitrogen and oxygen atoms in total. The van der Waals surface area contributed by atoms with Crippen molar-refractivity contribution in [3.8, 4) is 0 Å². The lowest BCUT2D eigenvalue weighted by Gasteiger charge is -2.35. The van der Waals surface area contributed by atoms with Gasteiger partial charge in [0, 0.05) is 22.6 Å². The van der Waals surface area contributed by atoms with Crippen molar-refractivity contribution < 1.29 is 23.8 Å². The summed E-state index contributed by atoms with van der Waals surface area (Å²) in [6.07, 6.45) is 4.07. The maximum Gasteiger partial charge on any atom is 0.337 e. The van der Waals surface area contributed by atoms with Crippen molar-refractivity contribution in [2.45, 2.75) is 57.6 Å². The van der Waals surface area contributed by atoms with Gasteiger partial charge in [-0.1, -0.05) is 12.1 Å². The van der Waals surface area contributed by atoms with Crippen molar-refractivity contribution in [2.24, 2.45) is 5.92 Å². The maximum atomic E-state index is 15.2. The van der Waals surface area contributed by atoms with Crippen molar-refractivity contribution in [3.63, 3.8) is 0 Å². The molecule has 1 aromatic carbocycles. The lowest BCUT2D eigenvalue weighted by atomic mass is 9.80. The van der Waals surface area contributed by atoms with E-state index in [9.17, 15) is 9.90 Å². The number of carboxylic acids is 1. The molecule has 0 radical (unpaired) electrons. The van der Waals surface area contributed by atoms with E-state index in [-0.39, 0.29) is 11.3 Å². The summed E-state index contributed by atoms with van der Waals surface area (Å²) in [6.45, 7) is 7.72. The maximum absolute atomic E-state index is 15.2. The number of allylic oxidation sites excluding steroid dienone is 4. The van der Waals surface area contributed by atoms with Gasteiger partial charge in [-0.15, -0.1) is 11.6 Å². The van der Waals surface area contributed by atoms with E-state index in [0.29, 0.717) is 34.5 Å². The van der Waals surface area contributed by atoms with Crippen LogP contribution in [0.4, 0.5) is 4.39 Å². The number of pyridine rings is 1. The van der Waals surface area contributed by atoms with E-state index in [2.05, 4.69) is 4.98 Å². The lowest BCUT2D eigenvalue weighted by Crippen LogP contribution is -2.31. The van der Waals surface area contributed by atoms with Crippen LogP contribution in [0.1, 0.15) is 56.5 Å². The zero-order valence-corrected chi connectivity index (χ0v) is 19.4. The molecule has 2 aliphatic rings. The number of aromatic nitrogens is 1. The summed E-state index contributed by atoms with van der Waals surface area (Å²) in [7, 11) is 0. The third-order valence-electron chi connectivity index (χ3n) is 5.81. The van der Waals surface area contributed by atoms with Gasteiger partial charge in [0.25, 0.3) is 0 Å². The Kier molecular flexibility index (Phi) is 6.03. The standard InChI is InChI=1S/C25H27ClFNO4/c1-13-19(23(24(29)30)32-25(2,3)4)20(21-16(27)8-5-9-17(21)28-13)15-10-11-18-14(22(15)26)7-6-12-31-18/h5,8-11,14,22-23H,6-7,12H2,1-4H3,(H,29,30)/t14-,22-,23+/m1/s1. The summed E-state index contributed by atoms with van der Waals surface area (Å²) in [5.41, 5.74) is 1.60. The third-order valence-corrected chi connectivity index (χ3v) is 6.35. The molecular weight excluding hydrogens is 433 g/mol. The molecule has 0 bridgehead atoms. The Labute approximate surface area is 191 Å². The Morgan fingerprint density at radius 3 is 2.78 bits per heavy atom. The molecule has 1 aromatic heterocycles. The van der Waals surface area contributed by atoms with Crippen LogP contribution in [0.2, 0.25) is 0 Å². The van der Waals surface area contributed by atoms with Crippen LogP contribution in [-0.4, -0.2) is 33.6 Å². The Hall–Kier alpha value is -2.44. The Balaban J connectivity index is 2.04. The molecule has 2 heterocycles. The van der Waals surface area contributed by atoms with Crippen LogP contribution in [-0.2, 0) is 14.3 Å². The summed E-state index contributed by atoms with van der Waals surface area (Å²) in [5, 5.41) is 9.86. The number of ether oxygens (including phenoxy) is 2. The van der Waals surface area contributed by atoms with Crippen LogP contribution in [0.3, 0.4) is 0 Å². The minimum atomic E-state index is -1.33. The first-order chi connectivity index (χ1) is 15.1. The summed E-state index contributed by atoms with van der Waals surface area (Å²) >= 11 is 6.96. The van der Waals surface area contributed by atoms with E-state index in [1.54, 1.807) is 39.8 Å². The van der Waals surface area contributed by atoms with Gasteiger partial charge in [-0.25, -0.2) is 9.18 Å². The van der Waals surface area contributed by atoms with Crippen molar-refractivity contribution in [2.75, 3.05) is 6.61 Å². The summed E-state index contributed by atoms with van der Waals surface area (Å²) in [4.78, 5) is 16.9. The number of carbonyl (C=O) groups is 1. The lowest BCUT2D eigenvalue weighted by molar-refractivity contribution is -0.160. The molecule has 1 aliphatic carbocycles. The molecular formula is C25H27ClFNO4. The monoisotopic (exact) mass is 459 g/mol. The predicted molar refractivity (Wildman–Crippen MR) is 122 cm³/mol. The Bertz CT molecular complexity index is 1130. The molecule has 1 aliphatic heterocycles. The van der Waals surface area contributed by atoms with Crippen molar-refractivity contribution >= 4 is 34.0 Å². The van der Waals surface area contributed by atoms with Crippen LogP contribution in [0.5, 0.6) is 0 Å². The normalized spacial score (nSPS) is 21.9. The Morgan fingerprint density at radius 2 is 2.09 bits per heavy atom. The van der Waals surface area contributed by atoms with Gasteiger partial charge in [0.15, 0.2) is 6.10 Å². The number of fused-ring (bicyclic) bond motifs is 2. The highest BCUT2D eigenvalue weighted by molar-refractivity contribution is 6.28. The quantitative estimate of drug-likeness (QED) is 0.573. The van der Waals surface area contributed by atoms with Crippen molar-refractivity contribution in [1.29, 1.82) is 0 Å². The SMILES string of the molecule is Cc1nc2cccc(F)c2c(C2=CC=C3OCCC[C@H]3[C@H]2Cl)c1[C@H](OC(C)(C)C)C(=O)O. The van der Waals surface area contributed by atoms with E-state index < -0.39 is 28.9 Å². The van der Waals surface area contributed by atoms with E-state index in [1.165, 1.54) is 6.07 Å². The molecule has 170 valence electrons. The summed E-state index contributed by atoms with van der Waals surface area (Å²) in [5.74, 6) is -0.884. The van der Waals surface area contributed by atoms with Gasteiger partial charge >= 0.3 is 5.97 Å². The van der Waals surface area contributed by atoms with Crippen molar-refractivity contribution in [3.05, 3.63) is 58.7 Å². The number of hydrogen-bond donors (Lipinski definition) is 1. The topological polar surface area (TPSA) is 68.7 Å². The number of nitrogens with zero attached hydrogens (tertiary/aromatic N) is 1. The first-order valence-corrected chi connectivity index (χ1v) is 11.2. The fourth-order valence-electron chi connectivity index (χ4n) is 4.52. The smallest absolute Gasteiger partial charge is 0.337 e. The highest BCUT2D eigenvalue weighted by Gasteiger charge is 2.38. The molecule has 3 atom stereocenters. The van der Waals surface area contributed by atoms with E-state index in [1.807, 2.05) is 12.2 Å². The predicted octanol–water partition coefficient (Wildman–Crippen LogP) is 5.94. The van der Waals surface area contributed by atoms with Crippen LogP contribution < -0.4 is 0 Å². The first-order valence-electron chi connectivity index (χ1n) is 10.8. The number of aryl methyl sites for hydroxylation is 1. The van der Waals surface area contributed by atoms with Gasteiger partial charge in [0.1, 0.15) is 11.6 Å². The Morgan fingerprint density at radius 1 is 1.34 bits per heavy atom. The molecule has 0 amide bonds. The van der Waals surface area contributed by atoms with Gasteiger partial charge in [-0.3, -0.25) is 4.98 Å². The second kappa shape index (κ2) is 8.49.